The molecule has 1 saturated carbocycles. The highest BCUT2D eigenvalue weighted by molar-refractivity contribution is 5.83. The first kappa shape index (κ1) is 11.2. The maximum Gasteiger partial charge on any atom is 0.331 e. The second kappa shape index (κ2) is 4.13. The van der Waals surface area contributed by atoms with Crippen molar-refractivity contribution in [3.63, 3.8) is 0 Å². The maximum atomic E-state index is 11.3. The van der Waals surface area contributed by atoms with E-state index in [0.29, 0.717) is 12.5 Å². The van der Waals surface area contributed by atoms with E-state index in [1.54, 1.807) is 6.08 Å². The van der Waals surface area contributed by atoms with Crippen molar-refractivity contribution in [3.05, 3.63) is 11.6 Å². The lowest BCUT2D eigenvalue weighted by atomic mass is 9.80. The fourth-order valence-electron chi connectivity index (χ4n) is 1.46. The Kier molecular flexibility index (Phi) is 3.32. The predicted molar refractivity (Wildman–Crippen MR) is 55.7 cm³/mol. The van der Waals surface area contributed by atoms with Crippen LogP contribution in [-0.2, 0) is 9.53 Å². The highest BCUT2D eigenvalue weighted by atomic mass is 16.6. The van der Waals surface area contributed by atoms with Crippen molar-refractivity contribution >= 4 is 5.97 Å². The Balaban J connectivity index is 2.35. The average Bonchev–Trinajstić information content (AvgIpc) is 1.91. The van der Waals surface area contributed by atoms with Crippen molar-refractivity contribution in [1.29, 1.82) is 0 Å². The maximum absolute atomic E-state index is 11.3. The van der Waals surface area contributed by atoms with Crippen molar-refractivity contribution in [3.8, 4) is 0 Å². The summed E-state index contributed by atoms with van der Waals surface area (Å²) in [7, 11) is 0. The Morgan fingerprint density at radius 2 is 2.14 bits per heavy atom. The molecule has 0 spiro atoms. The molecule has 1 aliphatic rings. The molecule has 1 fully saturated rings. The van der Waals surface area contributed by atoms with Crippen LogP contribution in [-0.4, -0.2) is 18.1 Å². The number of hydrogen-bond acceptors (Lipinski definition) is 3. The Hall–Kier alpha value is -0.830. The van der Waals surface area contributed by atoms with E-state index in [1.807, 2.05) is 20.8 Å². The lowest BCUT2D eigenvalue weighted by Crippen LogP contribution is -2.26. The highest BCUT2D eigenvalue weighted by Gasteiger charge is 2.23. The summed E-state index contributed by atoms with van der Waals surface area (Å²) in [6, 6.07) is 0. The SMILES string of the molecule is CC(C)(C)OC(=O)C=C1CC(CN)C1. The third-order valence-corrected chi connectivity index (χ3v) is 2.16. The minimum Gasteiger partial charge on any atom is -0.457 e. The van der Waals surface area contributed by atoms with Gasteiger partial charge in [0, 0.05) is 6.08 Å². The molecule has 1 rings (SSSR count). The molecule has 3 nitrogen and oxygen atoms in total. The zero-order valence-corrected chi connectivity index (χ0v) is 9.17. The topological polar surface area (TPSA) is 52.3 Å². The van der Waals surface area contributed by atoms with Gasteiger partial charge in [0.05, 0.1) is 0 Å². The van der Waals surface area contributed by atoms with Crippen LogP contribution in [0.4, 0.5) is 0 Å². The van der Waals surface area contributed by atoms with Crippen molar-refractivity contribution in [2.45, 2.75) is 39.2 Å². The van der Waals surface area contributed by atoms with E-state index in [0.717, 1.165) is 18.4 Å². The normalized spacial score (nSPS) is 21.4. The van der Waals surface area contributed by atoms with Crippen LogP contribution in [0.2, 0.25) is 0 Å². The Labute approximate surface area is 85.3 Å². The average molecular weight is 197 g/mol. The van der Waals surface area contributed by atoms with E-state index in [1.165, 1.54) is 0 Å². The number of allylic oxidation sites excluding steroid dienone is 1. The minimum absolute atomic E-state index is 0.233. The van der Waals surface area contributed by atoms with E-state index in [9.17, 15) is 4.79 Å². The summed E-state index contributed by atoms with van der Waals surface area (Å²) in [5.41, 5.74) is 6.25. The third-order valence-electron chi connectivity index (χ3n) is 2.16. The van der Waals surface area contributed by atoms with Crippen LogP contribution in [0.3, 0.4) is 0 Å². The summed E-state index contributed by atoms with van der Waals surface area (Å²) in [6.45, 7) is 6.32. The lowest BCUT2D eigenvalue weighted by Gasteiger charge is -2.28. The first-order chi connectivity index (χ1) is 6.40. The molecule has 0 saturated heterocycles. The van der Waals surface area contributed by atoms with Gasteiger partial charge in [-0.1, -0.05) is 5.57 Å². The van der Waals surface area contributed by atoms with Crippen molar-refractivity contribution < 1.29 is 9.53 Å². The summed E-state index contributed by atoms with van der Waals surface area (Å²) in [5, 5.41) is 0. The van der Waals surface area contributed by atoms with E-state index in [-0.39, 0.29) is 5.97 Å². The highest BCUT2D eigenvalue weighted by Crippen LogP contribution is 2.31. The van der Waals surface area contributed by atoms with Crippen LogP contribution < -0.4 is 5.73 Å². The van der Waals surface area contributed by atoms with Gasteiger partial charge in [-0.05, 0) is 46.1 Å². The largest absolute Gasteiger partial charge is 0.457 e. The molecule has 3 heteroatoms. The molecule has 0 aromatic carbocycles. The quantitative estimate of drug-likeness (QED) is 0.540. The number of esters is 1. The molecule has 0 bridgehead atoms. The monoisotopic (exact) mass is 197 g/mol. The van der Waals surface area contributed by atoms with Gasteiger partial charge in [-0.3, -0.25) is 0 Å². The molecule has 2 N–H and O–H groups in total. The fraction of sp³-hybridized carbons (Fsp3) is 0.727. The van der Waals surface area contributed by atoms with Crippen molar-refractivity contribution in [1.82, 2.24) is 0 Å². The number of carbonyl (C=O) groups excluding carboxylic acids is 1. The fourth-order valence-corrected chi connectivity index (χ4v) is 1.46. The summed E-state index contributed by atoms with van der Waals surface area (Å²) >= 11 is 0. The number of hydrogen-bond donors (Lipinski definition) is 1. The summed E-state index contributed by atoms with van der Waals surface area (Å²) in [5.74, 6) is 0.339. The number of carbonyl (C=O) groups is 1. The first-order valence-corrected chi connectivity index (χ1v) is 5.03. The molecule has 0 radical (unpaired) electrons. The van der Waals surface area contributed by atoms with Gasteiger partial charge in [-0.15, -0.1) is 0 Å². The van der Waals surface area contributed by atoms with Gasteiger partial charge < -0.3 is 10.5 Å². The number of rotatable bonds is 2. The van der Waals surface area contributed by atoms with Crippen molar-refractivity contribution in [2.24, 2.45) is 11.7 Å². The molecular weight excluding hydrogens is 178 g/mol. The van der Waals surface area contributed by atoms with Gasteiger partial charge in [0.15, 0.2) is 0 Å². The molecule has 0 unspecified atom stereocenters. The van der Waals surface area contributed by atoms with E-state index in [4.69, 9.17) is 10.5 Å². The molecular formula is C11H19NO2. The molecule has 80 valence electrons. The molecule has 0 aliphatic heterocycles. The molecule has 0 heterocycles. The predicted octanol–water partition coefficient (Wildman–Crippen LogP) is 1.62. The van der Waals surface area contributed by atoms with Crippen LogP contribution in [0.15, 0.2) is 11.6 Å². The Morgan fingerprint density at radius 3 is 2.57 bits per heavy atom. The van der Waals surface area contributed by atoms with Crippen LogP contribution in [0.5, 0.6) is 0 Å². The van der Waals surface area contributed by atoms with Crippen LogP contribution in [0.1, 0.15) is 33.6 Å². The lowest BCUT2D eigenvalue weighted by molar-refractivity contribution is -0.148. The smallest absolute Gasteiger partial charge is 0.331 e. The second-order valence-electron chi connectivity index (χ2n) is 4.85. The number of ether oxygens (including phenoxy) is 1. The van der Waals surface area contributed by atoms with E-state index < -0.39 is 5.60 Å². The van der Waals surface area contributed by atoms with E-state index >= 15 is 0 Å². The molecule has 14 heavy (non-hydrogen) atoms. The third kappa shape index (κ3) is 3.50. The van der Waals surface area contributed by atoms with Gasteiger partial charge in [-0.2, -0.15) is 0 Å². The van der Waals surface area contributed by atoms with Crippen LogP contribution in [0, 0.1) is 5.92 Å². The number of nitrogens with two attached hydrogens (primary N) is 1. The molecule has 1 aliphatic carbocycles. The first-order valence-electron chi connectivity index (χ1n) is 5.03. The summed E-state index contributed by atoms with van der Waals surface area (Å²) < 4.78 is 5.17. The van der Waals surface area contributed by atoms with Gasteiger partial charge >= 0.3 is 5.97 Å². The van der Waals surface area contributed by atoms with Crippen LogP contribution >= 0.6 is 0 Å². The summed E-state index contributed by atoms with van der Waals surface area (Å²) in [4.78, 5) is 11.3. The minimum atomic E-state index is -0.398. The summed E-state index contributed by atoms with van der Waals surface area (Å²) in [6.07, 6.45) is 3.52. The molecule has 0 atom stereocenters. The van der Waals surface area contributed by atoms with Crippen molar-refractivity contribution in [2.75, 3.05) is 6.54 Å². The standard InChI is InChI=1S/C11H19NO2/c1-11(2,3)14-10(13)6-8-4-9(5-8)7-12/h6,9H,4-5,7,12H2,1-3H3. The molecule has 0 aromatic heterocycles. The second-order valence-corrected chi connectivity index (χ2v) is 4.85. The molecule has 0 amide bonds. The van der Waals surface area contributed by atoms with E-state index in [2.05, 4.69) is 0 Å². The van der Waals surface area contributed by atoms with Gasteiger partial charge in [0.2, 0.25) is 0 Å². The van der Waals surface area contributed by atoms with Gasteiger partial charge in [0.25, 0.3) is 0 Å². The Morgan fingerprint density at radius 1 is 1.57 bits per heavy atom. The molecule has 0 aromatic rings. The zero-order chi connectivity index (χ0) is 10.8. The van der Waals surface area contributed by atoms with Gasteiger partial charge in [-0.25, -0.2) is 4.79 Å². The van der Waals surface area contributed by atoms with Gasteiger partial charge in [0.1, 0.15) is 5.60 Å². The Bertz CT molecular complexity index is 243. The van der Waals surface area contributed by atoms with Crippen LogP contribution in [0.25, 0.3) is 0 Å². The zero-order valence-electron chi connectivity index (χ0n) is 9.17.